The fourth-order valence-corrected chi connectivity index (χ4v) is 5.58. The Balaban J connectivity index is 1.84. The molecule has 1 atom stereocenters. The van der Waals surface area contributed by atoms with Gasteiger partial charge in [-0.1, -0.05) is 35.7 Å². The Morgan fingerprint density at radius 1 is 1.12 bits per heavy atom. The van der Waals surface area contributed by atoms with Gasteiger partial charge in [0.1, 0.15) is 5.54 Å². The molecule has 1 unspecified atom stereocenters. The summed E-state index contributed by atoms with van der Waals surface area (Å²) in [6.07, 6.45) is 9.13. The zero-order valence-corrected chi connectivity index (χ0v) is 20.2. The van der Waals surface area contributed by atoms with E-state index >= 15 is 0 Å². The second-order valence-corrected chi connectivity index (χ2v) is 9.93. The van der Waals surface area contributed by atoms with Crippen LogP contribution >= 0.6 is 22.9 Å². The molecule has 34 heavy (non-hydrogen) atoms. The van der Waals surface area contributed by atoms with E-state index < -0.39 is 5.54 Å². The van der Waals surface area contributed by atoms with E-state index in [0.29, 0.717) is 4.34 Å². The molecule has 5 nitrogen and oxygen atoms in total. The molecular weight excluding hydrogens is 464 g/mol. The topological polar surface area (TPSA) is 65.8 Å². The van der Waals surface area contributed by atoms with E-state index in [0.717, 1.165) is 43.7 Å². The second kappa shape index (κ2) is 8.30. The Kier molecular flexibility index (Phi) is 5.41. The molecule has 5 aromatic rings. The molecule has 2 N–H and O–H groups in total. The van der Waals surface area contributed by atoms with Crippen LogP contribution in [0.2, 0.25) is 4.34 Å². The first-order chi connectivity index (χ1) is 16.3. The van der Waals surface area contributed by atoms with Crippen LogP contribution in [0.5, 0.6) is 0 Å². The number of fused-ring (bicyclic) bond motifs is 1. The first-order valence-electron chi connectivity index (χ1n) is 10.6. The fraction of sp³-hybridized carbons (Fsp3) is 0.111. The zero-order chi connectivity index (χ0) is 24.0. The maximum atomic E-state index is 12.8. The molecule has 0 amide bonds. The van der Waals surface area contributed by atoms with Gasteiger partial charge in [0.2, 0.25) is 0 Å². The van der Waals surface area contributed by atoms with Gasteiger partial charge in [-0.15, -0.1) is 17.8 Å². The third-order valence-electron chi connectivity index (χ3n) is 6.22. The van der Waals surface area contributed by atoms with Gasteiger partial charge in [-0.2, -0.15) is 0 Å². The van der Waals surface area contributed by atoms with E-state index in [2.05, 4.69) is 10.9 Å². The van der Waals surface area contributed by atoms with Crippen LogP contribution in [-0.4, -0.2) is 14.1 Å². The number of terminal acetylenes is 1. The molecule has 0 bridgehead atoms. The summed E-state index contributed by atoms with van der Waals surface area (Å²) in [4.78, 5) is 18.0. The van der Waals surface area contributed by atoms with Crippen molar-refractivity contribution in [2.45, 2.75) is 5.54 Å². The second-order valence-electron chi connectivity index (χ2n) is 8.21. The van der Waals surface area contributed by atoms with E-state index in [1.807, 2.05) is 66.2 Å². The molecule has 0 saturated carbocycles. The first kappa shape index (κ1) is 22.2. The predicted octanol–water partition coefficient (Wildman–Crippen LogP) is 4.89. The number of thiophene rings is 1. The Morgan fingerprint density at radius 2 is 1.94 bits per heavy atom. The molecule has 3 aromatic heterocycles. The fourth-order valence-electron chi connectivity index (χ4n) is 4.40. The molecule has 0 spiro atoms. The van der Waals surface area contributed by atoms with Crippen molar-refractivity contribution in [3.63, 3.8) is 0 Å². The number of nitrogens with zero attached hydrogens (tertiary/aromatic N) is 3. The lowest BCUT2D eigenvalue weighted by Crippen LogP contribution is -2.40. The number of imidazole rings is 1. The summed E-state index contributed by atoms with van der Waals surface area (Å²) in [5, 5.41) is 0.897. The smallest absolute Gasteiger partial charge is 0.251 e. The van der Waals surface area contributed by atoms with Crippen LogP contribution in [0.3, 0.4) is 0 Å². The van der Waals surface area contributed by atoms with Crippen LogP contribution in [0.15, 0.2) is 78.0 Å². The van der Waals surface area contributed by atoms with E-state index in [4.69, 9.17) is 23.8 Å². The average Bonchev–Trinajstić information content (AvgIpc) is 3.49. The molecule has 0 fully saturated rings. The van der Waals surface area contributed by atoms with Gasteiger partial charge in [-0.3, -0.25) is 4.79 Å². The lowest BCUT2D eigenvalue weighted by atomic mass is 9.84. The minimum Gasteiger partial charge on any atom is -0.335 e. The number of benzene rings is 2. The van der Waals surface area contributed by atoms with Crippen molar-refractivity contribution in [1.29, 1.82) is 0 Å². The normalized spacial score (nSPS) is 13.0. The highest BCUT2D eigenvalue weighted by molar-refractivity contribution is 7.16. The summed E-state index contributed by atoms with van der Waals surface area (Å²) in [6, 6.07) is 19.0. The summed E-state index contributed by atoms with van der Waals surface area (Å²) in [6.45, 7) is 0. The summed E-state index contributed by atoms with van der Waals surface area (Å²) in [7, 11) is 3.68. The molecule has 5 rings (SSSR count). The molecule has 0 aliphatic rings. The molecule has 0 aliphatic heterocycles. The highest BCUT2D eigenvalue weighted by atomic mass is 35.5. The number of hydrogen-bond donors (Lipinski definition) is 1. The monoisotopic (exact) mass is 484 g/mol. The van der Waals surface area contributed by atoms with Crippen molar-refractivity contribution in [1.82, 2.24) is 14.1 Å². The number of aryl methyl sites for hydroxylation is 2. The third-order valence-corrected chi connectivity index (χ3v) is 7.59. The van der Waals surface area contributed by atoms with Gasteiger partial charge in [-0.25, -0.2) is 4.98 Å². The summed E-state index contributed by atoms with van der Waals surface area (Å²) >= 11 is 7.74. The number of aromatic nitrogens is 3. The molecule has 0 saturated heterocycles. The van der Waals surface area contributed by atoms with Crippen LogP contribution in [0.4, 0.5) is 0 Å². The molecule has 7 heteroatoms. The summed E-state index contributed by atoms with van der Waals surface area (Å²) in [5.41, 5.74) is 11.0. The number of rotatable bonds is 4. The molecule has 3 heterocycles. The molecule has 2 aromatic carbocycles. The van der Waals surface area contributed by atoms with E-state index in [9.17, 15) is 4.79 Å². The summed E-state index contributed by atoms with van der Waals surface area (Å²) < 4.78 is 4.20. The van der Waals surface area contributed by atoms with Crippen molar-refractivity contribution < 1.29 is 0 Å². The van der Waals surface area contributed by atoms with Gasteiger partial charge in [0.05, 0.1) is 28.1 Å². The van der Waals surface area contributed by atoms with Gasteiger partial charge in [0.25, 0.3) is 5.56 Å². The zero-order valence-electron chi connectivity index (χ0n) is 18.6. The maximum Gasteiger partial charge on any atom is 0.251 e. The molecule has 0 radical (unpaired) electrons. The molecule has 0 aliphatic carbocycles. The quantitative estimate of drug-likeness (QED) is 0.369. The van der Waals surface area contributed by atoms with Crippen LogP contribution in [0.25, 0.3) is 22.0 Å². The van der Waals surface area contributed by atoms with Crippen molar-refractivity contribution in [2.24, 2.45) is 19.8 Å². The lowest BCUT2D eigenvalue weighted by Gasteiger charge is -2.30. The van der Waals surface area contributed by atoms with Gasteiger partial charge >= 0.3 is 0 Å². The maximum absolute atomic E-state index is 12.8. The lowest BCUT2D eigenvalue weighted by molar-refractivity contribution is 0.607. The van der Waals surface area contributed by atoms with Crippen LogP contribution in [0, 0.1) is 12.3 Å². The van der Waals surface area contributed by atoms with E-state index in [1.165, 1.54) is 11.3 Å². The van der Waals surface area contributed by atoms with E-state index in [-0.39, 0.29) is 5.56 Å². The van der Waals surface area contributed by atoms with Crippen molar-refractivity contribution in [2.75, 3.05) is 0 Å². The Labute approximate surface area is 206 Å². The highest BCUT2D eigenvalue weighted by Crippen LogP contribution is 2.41. The minimum atomic E-state index is -0.996. The molecule has 168 valence electrons. The number of halogens is 1. The van der Waals surface area contributed by atoms with Crippen LogP contribution in [0.1, 0.15) is 21.7 Å². The van der Waals surface area contributed by atoms with Gasteiger partial charge in [-0.05, 0) is 53.1 Å². The summed E-state index contributed by atoms with van der Waals surface area (Å²) in [5.74, 6) is 2.67. The minimum absolute atomic E-state index is 0.1000. The Bertz CT molecular complexity index is 1660. The largest absolute Gasteiger partial charge is 0.335 e. The number of hydrogen-bond acceptors (Lipinski definition) is 4. The first-order valence-corrected chi connectivity index (χ1v) is 11.7. The number of pyridine rings is 1. The van der Waals surface area contributed by atoms with Crippen molar-refractivity contribution in [3.8, 4) is 23.5 Å². The Morgan fingerprint density at radius 3 is 2.62 bits per heavy atom. The third kappa shape index (κ3) is 3.46. The Hall–Kier alpha value is -3.63. The van der Waals surface area contributed by atoms with Crippen molar-refractivity contribution >= 4 is 33.8 Å². The van der Waals surface area contributed by atoms with Gasteiger partial charge < -0.3 is 14.9 Å². The van der Waals surface area contributed by atoms with Gasteiger partial charge in [0.15, 0.2) is 0 Å². The SMILES string of the molecule is C#Cc1cccc(-c2cc(=O)n(C)c3ccc(C(N)(c4ccc(Cl)s4)c4cncn4C)cc23)c1. The van der Waals surface area contributed by atoms with Crippen LogP contribution in [-0.2, 0) is 19.6 Å². The van der Waals surface area contributed by atoms with Crippen LogP contribution < -0.4 is 11.3 Å². The standard InChI is InChI=1S/C27H21ClN4OS/c1-4-17-6-5-7-18(12-17)20-14-26(33)32(3)22-9-8-19(13-21(20)22)27(29,23-15-30-16-31(23)2)24-10-11-25(28)34-24/h1,5-16H,29H2,2-3H3. The highest BCUT2D eigenvalue weighted by Gasteiger charge is 2.36. The van der Waals surface area contributed by atoms with Gasteiger partial charge in [0, 0.05) is 36.0 Å². The predicted molar refractivity (Wildman–Crippen MR) is 139 cm³/mol. The number of nitrogens with two attached hydrogens (primary N) is 1. The average molecular weight is 485 g/mol. The van der Waals surface area contributed by atoms with Crippen molar-refractivity contribution in [3.05, 3.63) is 110 Å². The molecular formula is C27H21ClN4OS. The van der Waals surface area contributed by atoms with E-state index in [1.54, 1.807) is 30.2 Å².